The molecule has 0 aromatic carbocycles. The molecule has 0 spiro atoms. The Hall–Kier alpha value is 0.0600. The highest BCUT2D eigenvalue weighted by Crippen LogP contribution is 2.24. The summed E-state index contributed by atoms with van der Waals surface area (Å²) < 4.78 is 11.1. The second-order valence-electron chi connectivity index (χ2n) is 2.92. The van der Waals surface area contributed by atoms with Crippen LogP contribution in [0.15, 0.2) is 0 Å². The lowest BCUT2D eigenvalue weighted by Crippen LogP contribution is -2.01. The first-order valence-corrected chi connectivity index (χ1v) is 5.42. The molecule has 0 heterocycles. The van der Waals surface area contributed by atoms with Crippen molar-refractivity contribution in [1.29, 1.82) is 0 Å². The van der Waals surface area contributed by atoms with E-state index in [1.807, 2.05) is 0 Å². The fraction of sp³-hybridized carbons (Fsp3) is 1.00. The summed E-state index contributed by atoms with van der Waals surface area (Å²) in [6, 6.07) is 0. The van der Waals surface area contributed by atoms with E-state index in [1.165, 1.54) is 0 Å². The summed E-state index contributed by atoms with van der Waals surface area (Å²) in [4.78, 5) is 0. The van der Waals surface area contributed by atoms with Gasteiger partial charge in [0.15, 0.2) is 0 Å². The van der Waals surface area contributed by atoms with Gasteiger partial charge >= 0.3 is 7.80 Å². The van der Waals surface area contributed by atoms with Gasteiger partial charge < -0.3 is 5.73 Å². The zero-order chi connectivity index (χ0) is 7.98. The third-order valence-corrected chi connectivity index (χ3v) is 3.13. The Labute approximate surface area is 64.0 Å². The van der Waals surface area contributed by atoms with Gasteiger partial charge in [-0.3, -0.25) is 0 Å². The van der Waals surface area contributed by atoms with Gasteiger partial charge in [-0.25, -0.2) is 0 Å². The SMILES string of the molecule is CC(C)C[P+](=O)CCCN. The predicted octanol–water partition coefficient (Wildman–Crippen LogP) is 1.82. The van der Waals surface area contributed by atoms with Crippen LogP contribution in [-0.4, -0.2) is 18.9 Å². The Morgan fingerprint density at radius 3 is 2.50 bits per heavy atom. The third kappa shape index (κ3) is 6.18. The molecule has 60 valence electrons. The molecule has 0 radical (unpaired) electrons. The van der Waals surface area contributed by atoms with Crippen LogP contribution in [0, 0.1) is 5.92 Å². The van der Waals surface area contributed by atoms with Gasteiger partial charge in [0, 0.05) is 6.42 Å². The fourth-order valence-corrected chi connectivity index (χ4v) is 2.30. The highest BCUT2D eigenvalue weighted by molar-refractivity contribution is 7.44. The van der Waals surface area contributed by atoms with Gasteiger partial charge in [0.25, 0.3) is 0 Å². The summed E-state index contributed by atoms with van der Waals surface area (Å²) >= 11 is 0. The van der Waals surface area contributed by atoms with E-state index >= 15 is 0 Å². The maximum Gasteiger partial charge on any atom is 0.338 e. The summed E-state index contributed by atoms with van der Waals surface area (Å²) in [5.74, 6) is 0.557. The van der Waals surface area contributed by atoms with Crippen molar-refractivity contribution in [3.05, 3.63) is 0 Å². The highest BCUT2D eigenvalue weighted by Gasteiger charge is 2.15. The van der Waals surface area contributed by atoms with Crippen molar-refractivity contribution >= 4 is 7.80 Å². The van der Waals surface area contributed by atoms with Crippen LogP contribution in [0.2, 0.25) is 0 Å². The first-order chi connectivity index (χ1) is 4.66. The van der Waals surface area contributed by atoms with Gasteiger partial charge in [0.1, 0.15) is 12.3 Å². The summed E-state index contributed by atoms with van der Waals surface area (Å²) in [7, 11) is -0.956. The van der Waals surface area contributed by atoms with Gasteiger partial charge in [-0.15, -0.1) is 0 Å². The van der Waals surface area contributed by atoms with Crippen LogP contribution in [0.5, 0.6) is 0 Å². The van der Waals surface area contributed by atoms with Crippen molar-refractivity contribution in [2.24, 2.45) is 11.7 Å². The number of hydrogen-bond acceptors (Lipinski definition) is 2. The van der Waals surface area contributed by atoms with Crippen molar-refractivity contribution in [2.75, 3.05) is 18.9 Å². The topological polar surface area (TPSA) is 43.1 Å². The van der Waals surface area contributed by atoms with Crippen molar-refractivity contribution in [3.8, 4) is 0 Å². The largest absolute Gasteiger partial charge is 0.338 e. The zero-order valence-electron chi connectivity index (χ0n) is 6.84. The summed E-state index contributed by atoms with van der Waals surface area (Å²) in [5, 5.41) is 0. The minimum atomic E-state index is -0.956. The Morgan fingerprint density at radius 1 is 1.50 bits per heavy atom. The molecule has 0 fully saturated rings. The molecule has 0 aromatic rings. The lowest BCUT2D eigenvalue weighted by molar-refractivity contribution is 0.578. The maximum absolute atomic E-state index is 11.1. The first-order valence-electron chi connectivity index (χ1n) is 3.79. The number of rotatable bonds is 5. The van der Waals surface area contributed by atoms with E-state index in [9.17, 15) is 4.57 Å². The van der Waals surface area contributed by atoms with Crippen LogP contribution in [0.25, 0.3) is 0 Å². The van der Waals surface area contributed by atoms with Crippen molar-refractivity contribution in [1.82, 2.24) is 0 Å². The first kappa shape index (κ1) is 10.1. The van der Waals surface area contributed by atoms with Crippen molar-refractivity contribution in [2.45, 2.75) is 20.3 Å². The van der Waals surface area contributed by atoms with Crippen LogP contribution in [0.4, 0.5) is 0 Å². The predicted molar refractivity (Wildman–Crippen MR) is 45.8 cm³/mol. The van der Waals surface area contributed by atoms with E-state index < -0.39 is 7.80 Å². The summed E-state index contributed by atoms with van der Waals surface area (Å²) in [5.41, 5.74) is 5.28. The molecule has 3 heteroatoms. The van der Waals surface area contributed by atoms with Crippen molar-refractivity contribution in [3.63, 3.8) is 0 Å². The molecule has 0 saturated carbocycles. The average molecular weight is 162 g/mol. The van der Waals surface area contributed by atoms with Crippen LogP contribution < -0.4 is 5.73 Å². The van der Waals surface area contributed by atoms with E-state index in [-0.39, 0.29) is 0 Å². The fourth-order valence-electron chi connectivity index (χ4n) is 0.766. The average Bonchev–Trinajstić information content (AvgIpc) is 1.82. The molecular formula is C7H17NOP+. The molecule has 0 amide bonds. The van der Waals surface area contributed by atoms with Crippen LogP contribution in [0.3, 0.4) is 0 Å². The van der Waals surface area contributed by atoms with E-state index in [2.05, 4.69) is 13.8 Å². The monoisotopic (exact) mass is 162 g/mol. The van der Waals surface area contributed by atoms with E-state index in [1.54, 1.807) is 0 Å². The number of nitrogens with two attached hydrogens (primary N) is 1. The Kier molecular flexibility index (Phi) is 5.85. The summed E-state index contributed by atoms with van der Waals surface area (Å²) in [6.07, 6.45) is 2.57. The molecule has 2 N–H and O–H groups in total. The molecule has 0 bridgehead atoms. The second kappa shape index (κ2) is 5.82. The molecule has 10 heavy (non-hydrogen) atoms. The van der Waals surface area contributed by atoms with Gasteiger partial charge in [-0.2, -0.15) is 0 Å². The molecule has 0 rings (SSSR count). The van der Waals surface area contributed by atoms with Crippen molar-refractivity contribution < 1.29 is 4.57 Å². The van der Waals surface area contributed by atoms with Crippen LogP contribution in [-0.2, 0) is 4.57 Å². The molecular weight excluding hydrogens is 145 g/mol. The summed E-state index contributed by atoms with van der Waals surface area (Å²) in [6.45, 7) is 4.85. The second-order valence-corrected chi connectivity index (χ2v) is 4.70. The normalized spacial score (nSPS) is 12.2. The van der Waals surface area contributed by atoms with E-state index in [0.717, 1.165) is 18.7 Å². The molecule has 1 atom stereocenters. The van der Waals surface area contributed by atoms with Gasteiger partial charge in [0.2, 0.25) is 0 Å². The molecule has 0 aliphatic carbocycles. The Balaban J connectivity index is 3.26. The minimum absolute atomic E-state index is 0.557. The third-order valence-electron chi connectivity index (χ3n) is 1.18. The lowest BCUT2D eigenvalue weighted by Gasteiger charge is -1.92. The van der Waals surface area contributed by atoms with Crippen LogP contribution in [0.1, 0.15) is 20.3 Å². The number of hydrogen-bond donors (Lipinski definition) is 1. The molecule has 0 aromatic heterocycles. The Morgan fingerprint density at radius 2 is 2.10 bits per heavy atom. The highest BCUT2D eigenvalue weighted by atomic mass is 31.1. The van der Waals surface area contributed by atoms with Gasteiger partial charge in [0.05, 0.1) is 0 Å². The molecule has 0 aliphatic heterocycles. The van der Waals surface area contributed by atoms with Crippen LogP contribution >= 0.6 is 7.80 Å². The molecule has 0 aliphatic rings. The molecule has 0 saturated heterocycles. The maximum atomic E-state index is 11.1. The van der Waals surface area contributed by atoms with Gasteiger partial charge in [-0.1, -0.05) is 18.4 Å². The Bertz CT molecular complexity index is 104. The lowest BCUT2D eigenvalue weighted by atomic mass is 10.3. The van der Waals surface area contributed by atoms with E-state index in [0.29, 0.717) is 12.5 Å². The smallest absolute Gasteiger partial charge is 0.330 e. The van der Waals surface area contributed by atoms with E-state index in [4.69, 9.17) is 5.73 Å². The van der Waals surface area contributed by atoms with Gasteiger partial charge in [-0.05, 0) is 12.5 Å². The molecule has 1 unspecified atom stereocenters. The zero-order valence-corrected chi connectivity index (χ0v) is 7.73. The minimum Gasteiger partial charge on any atom is -0.330 e. The standard InChI is InChI=1S/C7H17NOP/c1-7(2)6-10(9)5-3-4-8/h7H,3-6,8H2,1-2H3/q+1. The molecule has 2 nitrogen and oxygen atoms in total. The quantitative estimate of drug-likeness (QED) is 0.626.